The molecule has 0 unspecified atom stereocenters. The van der Waals surface area contributed by atoms with Crippen LogP contribution >= 0.6 is 23.8 Å². The van der Waals surface area contributed by atoms with Crippen molar-refractivity contribution >= 4 is 57.0 Å². The molecule has 3 aromatic carbocycles. The van der Waals surface area contributed by atoms with E-state index >= 15 is 0 Å². The SMILES string of the molecule is O=C(NC(=S)Nc1ccc([N+](=O)[O-])cc1)c1cccc2c(Cl)cccc12. The minimum atomic E-state index is -0.491. The number of carbonyl (C=O) groups is 1. The summed E-state index contributed by atoms with van der Waals surface area (Å²) in [5, 5.41) is 18.2. The van der Waals surface area contributed by atoms with Crippen LogP contribution in [-0.4, -0.2) is 15.9 Å². The summed E-state index contributed by atoms with van der Waals surface area (Å²) in [5.74, 6) is -0.378. The highest BCUT2D eigenvalue weighted by molar-refractivity contribution is 7.80. The third-order valence-corrected chi connectivity index (χ3v) is 4.21. The number of non-ortho nitro benzene ring substituents is 1. The third-order valence-electron chi connectivity index (χ3n) is 3.68. The summed E-state index contributed by atoms with van der Waals surface area (Å²) in [6.45, 7) is 0. The number of amides is 1. The molecule has 2 N–H and O–H groups in total. The van der Waals surface area contributed by atoms with Crippen LogP contribution in [0.5, 0.6) is 0 Å². The molecule has 130 valence electrons. The number of hydrogen-bond donors (Lipinski definition) is 2. The fraction of sp³-hybridized carbons (Fsp3) is 0. The van der Waals surface area contributed by atoms with E-state index < -0.39 is 4.92 Å². The number of fused-ring (bicyclic) bond motifs is 1. The summed E-state index contributed by atoms with van der Waals surface area (Å²) < 4.78 is 0. The minimum Gasteiger partial charge on any atom is -0.332 e. The predicted molar refractivity (Wildman–Crippen MR) is 106 cm³/mol. The van der Waals surface area contributed by atoms with Gasteiger partial charge in [-0.2, -0.15) is 0 Å². The number of carbonyl (C=O) groups excluding carboxylic acids is 1. The second-order valence-corrected chi connectivity index (χ2v) is 6.17. The molecule has 0 saturated heterocycles. The van der Waals surface area contributed by atoms with Crippen LogP contribution in [0.1, 0.15) is 10.4 Å². The third kappa shape index (κ3) is 3.79. The molecule has 0 atom stereocenters. The highest BCUT2D eigenvalue weighted by Crippen LogP contribution is 2.26. The molecular formula is C18H12ClN3O3S. The lowest BCUT2D eigenvalue weighted by molar-refractivity contribution is -0.384. The van der Waals surface area contributed by atoms with Crippen molar-refractivity contribution in [3.05, 3.63) is 81.4 Å². The summed E-state index contributed by atoms with van der Waals surface area (Å²) in [4.78, 5) is 22.7. The van der Waals surface area contributed by atoms with Crippen LogP contribution < -0.4 is 10.6 Å². The molecule has 0 radical (unpaired) electrons. The van der Waals surface area contributed by atoms with Crippen LogP contribution in [0.2, 0.25) is 5.02 Å². The number of hydrogen-bond acceptors (Lipinski definition) is 4. The molecule has 0 bridgehead atoms. The van der Waals surface area contributed by atoms with Crippen molar-refractivity contribution in [2.24, 2.45) is 0 Å². The average Bonchev–Trinajstić information content (AvgIpc) is 2.62. The maximum absolute atomic E-state index is 12.5. The Morgan fingerprint density at radius 2 is 1.65 bits per heavy atom. The zero-order chi connectivity index (χ0) is 18.7. The van der Waals surface area contributed by atoms with E-state index in [2.05, 4.69) is 10.6 Å². The van der Waals surface area contributed by atoms with Crippen LogP contribution in [0.3, 0.4) is 0 Å². The average molecular weight is 386 g/mol. The normalized spacial score (nSPS) is 10.3. The number of nitro groups is 1. The van der Waals surface area contributed by atoms with Gasteiger partial charge in [0, 0.05) is 33.8 Å². The molecule has 0 aliphatic heterocycles. The van der Waals surface area contributed by atoms with E-state index in [0.29, 0.717) is 16.3 Å². The lowest BCUT2D eigenvalue weighted by atomic mass is 10.0. The Morgan fingerprint density at radius 1 is 1.00 bits per heavy atom. The molecule has 8 heteroatoms. The number of nitro benzene ring substituents is 1. The summed E-state index contributed by atoms with van der Waals surface area (Å²) in [7, 11) is 0. The highest BCUT2D eigenvalue weighted by Gasteiger charge is 2.13. The van der Waals surface area contributed by atoms with Crippen molar-refractivity contribution in [2.75, 3.05) is 5.32 Å². The first kappa shape index (κ1) is 17.8. The van der Waals surface area contributed by atoms with Crippen molar-refractivity contribution in [3.8, 4) is 0 Å². The van der Waals surface area contributed by atoms with Crippen molar-refractivity contribution in [2.45, 2.75) is 0 Å². The number of nitrogens with zero attached hydrogens (tertiary/aromatic N) is 1. The second-order valence-electron chi connectivity index (χ2n) is 5.35. The van der Waals surface area contributed by atoms with Gasteiger partial charge in [-0.25, -0.2) is 0 Å². The van der Waals surface area contributed by atoms with Gasteiger partial charge in [0.1, 0.15) is 0 Å². The van der Waals surface area contributed by atoms with Crippen LogP contribution in [0, 0.1) is 10.1 Å². The quantitative estimate of drug-likeness (QED) is 0.393. The van der Waals surface area contributed by atoms with E-state index in [0.717, 1.165) is 10.8 Å². The first-order valence-corrected chi connectivity index (χ1v) is 8.28. The molecule has 0 aromatic heterocycles. The summed E-state index contributed by atoms with van der Waals surface area (Å²) >= 11 is 11.3. The van der Waals surface area contributed by atoms with Gasteiger partial charge in [-0.3, -0.25) is 20.2 Å². The standard InChI is InChI=1S/C18H12ClN3O3S/c19-16-6-2-3-13-14(16)4-1-5-15(13)17(23)21-18(26)20-11-7-9-12(10-8-11)22(24)25/h1-10H,(H2,20,21,23,26). The fourth-order valence-corrected chi connectivity index (χ4v) is 2.92. The van der Waals surface area contributed by atoms with E-state index in [1.54, 1.807) is 24.3 Å². The molecule has 26 heavy (non-hydrogen) atoms. The number of benzene rings is 3. The summed E-state index contributed by atoms with van der Waals surface area (Å²) in [6.07, 6.45) is 0. The minimum absolute atomic E-state index is 0.0295. The number of nitrogens with one attached hydrogen (secondary N) is 2. The maximum atomic E-state index is 12.5. The largest absolute Gasteiger partial charge is 0.332 e. The molecule has 3 aromatic rings. The van der Waals surface area contributed by atoms with E-state index in [-0.39, 0.29) is 16.7 Å². The lowest BCUT2D eigenvalue weighted by Gasteiger charge is -2.11. The molecule has 3 rings (SSSR count). The molecule has 0 aliphatic rings. The van der Waals surface area contributed by atoms with Gasteiger partial charge in [-0.1, -0.05) is 35.9 Å². The summed E-state index contributed by atoms with van der Waals surface area (Å²) in [5.41, 5.74) is 0.942. The van der Waals surface area contributed by atoms with Gasteiger partial charge in [0.15, 0.2) is 5.11 Å². The monoisotopic (exact) mass is 385 g/mol. The van der Waals surface area contributed by atoms with Crippen LogP contribution in [0.15, 0.2) is 60.7 Å². The van der Waals surface area contributed by atoms with Crippen LogP contribution in [0.4, 0.5) is 11.4 Å². The molecule has 6 nitrogen and oxygen atoms in total. The fourth-order valence-electron chi connectivity index (χ4n) is 2.47. The van der Waals surface area contributed by atoms with Gasteiger partial charge in [0.25, 0.3) is 11.6 Å². The van der Waals surface area contributed by atoms with Gasteiger partial charge in [0.2, 0.25) is 0 Å². The second kappa shape index (κ2) is 7.47. The Morgan fingerprint density at radius 3 is 2.35 bits per heavy atom. The smallest absolute Gasteiger partial charge is 0.269 e. The zero-order valence-electron chi connectivity index (χ0n) is 13.2. The van der Waals surface area contributed by atoms with Crippen molar-refractivity contribution in [1.29, 1.82) is 0 Å². The predicted octanol–water partition coefficient (Wildman–Crippen LogP) is 4.53. The molecule has 0 spiro atoms. The van der Waals surface area contributed by atoms with Crippen molar-refractivity contribution in [3.63, 3.8) is 0 Å². The molecule has 0 fully saturated rings. The molecule has 0 heterocycles. The van der Waals surface area contributed by atoms with Crippen molar-refractivity contribution < 1.29 is 9.72 Å². The summed E-state index contributed by atoms with van der Waals surface area (Å²) in [6, 6.07) is 16.3. The molecular weight excluding hydrogens is 374 g/mol. The van der Waals surface area contributed by atoms with E-state index in [1.807, 2.05) is 12.1 Å². The Labute approximate surface area is 158 Å². The Bertz CT molecular complexity index is 1020. The highest BCUT2D eigenvalue weighted by atomic mass is 35.5. The van der Waals surface area contributed by atoms with Gasteiger partial charge >= 0.3 is 0 Å². The Hall–Kier alpha value is -3.03. The molecule has 1 amide bonds. The zero-order valence-corrected chi connectivity index (χ0v) is 14.8. The van der Waals surface area contributed by atoms with E-state index in [4.69, 9.17) is 23.8 Å². The van der Waals surface area contributed by atoms with E-state index in [1.165, 1.54) is 24.3 Å². The first-order valence-electron chi connectivity index (χ1n) is 7.50. The topological polar surface area (TPSA) is 84.3 Å². The lowest BCUT2D eigenvalue weighted by Crippen LogP contribution is -2.34. The Balaban J connectivity index is 1.75. The number of anilines is 1. The number of thiocarbonyl (C=S) groups is 1. The maximum Gasteiger partial charge on any atom is 0.269 e. The number of halogens is 1. The first-order chi connectivity index (χ1) is 12.5. The van der Waals surface area contributed by atoms with Gasteiger partial charge < -0.3 is 5.32 Å². The van der Waals surface area contributed by atoms with Gasteiger partial charge in [-0.15, -0.1) is 0 Å². The van der Waals surface area contributed by atoms with Gasteiger partial charge in [0.05, 0.1) is 4.92 Å². The van der Waals surface area contributed by atoms with Crippen LogP contribution in [-0.2, 0) is 0 Å². The number of rotatable bonds is 3. The van der Waals surface area contributed by atoms with E-state index in [9.17, 15) is 14.9 Å². The Kier molecular flexibility index (Phi) is 5.11. The van der Waals surface area contributed by atoms with Crippen LogP contribution in [0.25, 0.3) is 10.8 Å². The molecule has 0 aliphatic carbocycles. The van der Waals surface area contributed by atoms with Gasteiger partial charge in [-0.05, 0) is 41.9 Å². The van der Waals surface area contributed by atoms with Crippen molar-refractivity contribution in [1.82, 2.24) is 5.32 Å². The molecule has 0 saturated carbocycles.